The molecule has 1 fully saturated rings. The van der Waals surface area contributed by atoms with E-state index < -0.39 is 5.54 Å². The molecule has 3 aromatic rings. The fourth-order valence-corrected chi connectivity index (χ4v) is 3.84. The van der Waals surface area contributed by atoms with Gasteiger partial charge in [0.25, 0.3) is 5.91 Å². The van der Waals surface area contributed by atoms with Crippen LogP contribution in [0.25, 0.3) is 10.9 Å². The minimum atomic E-state index is -0.461. The van der Waals surface area contributed by atoms with Crippen LogP contribution in [0, 0.1) is 12.3 Å². The Hall–Kier alpha value is -3.67. The molecule has 3 N–H and O–H groups in total. The van der Waals surface area contributed by atoms with Crippen LogP contribution in [-0.2, 0) is 5.54 Å². The molecule has 6 heteroatoms. The van der Waals surface area contributed by atoms with E-state index in [9.17, 15) is 4.79 Å². The standard InChI is InChI=1S/C25H26N4O2/c1-16-6-7-18(31-3)15-20(16)24(30)29-25(9-10-25)21-13-17(22(26)8-12-27-2)14-23-19(21)5-4-11-28-23/h4-8,11-15,26-27H,9-10H2,1-3H3,(H,29,30)/b12-8-,26-22?. The molecular formula is C25H26N4O2. The maximum Gasteiger partial charge on any atom is 0.252 e. The summed E-state index contributed by atoms with van der Waals surface area (Å²) in [4.78, 5) is 17.7. The highest BCUT2D eigenvalue weighted by atomic mass is 16.5. The SMILES string of the molecule is CN/C=C\C(=N)c1cc(C2(NC(=O)c3cc(OC)ccc3C)CC2)c2cccnc2c1. The monoisotopic (exact) mass is 414 g/mol. The molecule has 4 rings (SSSR count). The molecule has 2 aromatic carbocycles. The van der Waals surface area contributed by atoms with Crippen LogP contribution < -0.4 is 15.4 Å². The molecule has 1 aromatic heterocycles. The zero-order valence-electron chi connectivity index (χ0n) is 18.0. The summed E-state index contributed by atoms with van der Waals surface area (Å²) in [7, 11) is 3.39. The van der Waals surface area contributed by atoms with Gasteiger partial charge in [-0.15, -0.1) is 0 Å². The second-order valence-electron chi connectivity index (χ2n) is 7.85. The van der Waals surface area contributed by atoms with Crippen LogP contribution in [0.15, 0.2) is 60.9 Å². The normalized spacial score (nSPS) is 14.4. The highest BCUT2D eigenvalue weighted by Gasteiger charge is 2.47. The second-order valence-corrected chi connectivity index (χ2v) is 7.85. The number of nitrogens with one attached hydrogen (secondary N) is 3. The summed E-state index contributed by atoms with van der Waals surface area (Å²) in [6.07, 6.45) is 6.88. The van der Waals surface area contributed by atoms with Gasteiger partial charge in [0.2, 0.25) is 0 Å². The van der Waals surface area contributed by atoms with Crippen LogP contribution in [-0.4, -0.2) is 30.8 Å². The molecule has 1 aliphatic carbocycles. The van der Waals surface area contributed by atoms with Crippen LogP contribution in [0.2, 0.25) is 0 Å². The van der Waals surface area contributed by atoms with Crippen LogP contribution in [0.1, 0.15) is 39.9 Å². The van der Waals surface area contributed by atoms with E-state index in [1.807, 2.05) is 43.3 Å². The number of nitrogens with zero attached hydrogens (tertiary/aromatic N) is 1. The number of rotatable bonds is 7. The number of carbonyl (C=O) groups excluding carboxylic acids is 1. The van der Waals surface area contributed by atoms with Gasteiger partial charge in [-0.25, -0.2) is 0 Å². The number of amides is 1. The fourth-order valence-electron chi connectivity index (χ4n) is 3.84. The molecule has 0 atom stereocenters. The Morgan fingerprint density at radius 2 is 2.03 bits per heavy atom. The van der Waals surface area contributed by atoms with Crippen molar-refractivity contribution in [1.82, 2.24) is 15.6 Å². The highest BCUT2D eigenvalue weighted by Crippen LogP contribution is 2.48. The van der Waals surface area contributed by atoms with Crippen molar-refractivity contribution in [3.8, 4) is 5.75 Å². The lowest BCUT2D eigenvalue weighted by molar-refractivity contribution is 0.0930. The molecule has 0 aliphatic heterocycles. The first-order chi connectivity index (χ1) is 15.0. The summed E-state index contributed by atoms with van der Waals surface area (Å²) in [6.45, 7) is 1.92. The number of hydrogen-bond acceptors (Lipinski definition) is 5. The molecule has 0 saturated heterocycles. The molecule has 1 amide bonds. The van der Waals surface area contributed by atoms with E-state index in [2.05, 4.69) is 15.6 Å². The minimum absolute atomic E-state index is 0.124. The second kappa shape index (κ2) is 8.22. The van der Waals surface area contributed by atoms with E-state index >= 15 is 0 Å². The Labute approximate surface area is 181 Å². The smallest absolute Gasteiger partial charge is 0.252 e. The maximum absolute atomic E-state index is 13.2. The van der Waals surface area contributed by atoms with Crippen molar-refractivity contribution in [1.29, 1.82) is 5.41 Å². The lowest BCUT2D eigenvalue weighted by Gasteiger charge is -2.22. The molecule has 31 heavy (non-hydrogen) atoms. The predicted octanol–water partition coefficient (Wildman–Crippen LogP) is 4.07. The van der Waals surface area contributed by atoms with Gasteiger partial charge in [0.1, 0.15) is 5.75 Å². The Morgan fingerprint density at radius 1 is 1.23 bits per heavy atom. The number of pyridine rings is 1. The van der Waals surface area contributed by atoms with Gasteiger partial charge in [0.05, 0.1) is 23.9 Å². The summed E-state index contributed by atoms with van der Waals surface area (Å²) in [5.74, 6) is 0.531. The first kappa shape index (κ1) is 20.6. The van der Waals surface area contributed by atoms with Crippen molar-refractivity contribution in [2.24, 2.45) is 0 Å². The molecule has 0 unspecified atom stereocenters. The zero-order valence-corrected chi connectivity index (χ0v) is 18.0. The Bertz CT molecular complexity index is 1200. The number of ether oxygens (including phenoxy) is 1. The Morgan fingerprint density at radius 3 is 2.74 bits per heavy atom. The van der Waals surface area contributed by atoms with Gasteiger partial charge in [-0.3, -0.25) is 9.78 Å². The maximum atomic E-state index is 13.2. The van der Waals surface area contributed by atoms with Gasteiger partial charge in [-0.2, -0.15) is 0 Å². The number of fused-ring (bicyclic) bond motifs is 1. The van der Waals surface area contributed by atoms with Crippen molar-refractivity contribution in [2.75, 3.05) is 14.2 Å². The zero-order chi connectivity index (χ0) is 22.0. The molecule has 1 heterocycles. The van der Waals surface area contributed by atoms with Gasteiger partial charge < -0.3 is 20.8 Å². The van der Waals surface area contributed by atoms with Gasteiger partial charge in [0.15, 0.2) is 0 Å². The van der Waals surface area contributed by atoms with Gasteiger partial charge in [-0.1, -0.05) is 12.1 Å². The van der Waals surface area contributed by atoms with Crippen LogP contribution in [0.4, 0.5) is 0 Å². The fraction of sp³-hybridized carbons (Fsp3) is 0.240. The first-order valence-electron chi connectivity index (χ1n) is 10.3. The first-order valence-corrected chi connectivity index (χ1v) is 10.3. The van der Waals surface area contributed by atoms with E-state index in [0.717, 1.165) is 40.4 Å². The van der Waals surface area contributed by atoms with Crippen LogP contribution in [0.3, 0.4) is 0 Å². The van der Waals surface area contributed by atoms with Crippen molar-refractivity contribution >= 4 is 22.5 Å². The van der Waals surface area contributed by atoms with Crippen molar-refractivity contribution in [3.63, 3.8) is 0 Å². The lowest BCUT2D eigenvalue weighted by Crippen LogP contribution is -2.35. The predicted molar refractivity (Wildman–Crippen MR) is 123 cm³/mol. The molecule has 0 radical (unpaired) electrons. The third-order valence-electron chi connectivity index (χ3n) is 5.76. The van der Waals surface area contributed by atoms with Gasteiger partial charge >= 0.3 is 0 Å². The van der Waals surface area contributed by atoms with E-state index in [1.165, 1.54) is 0 Å². The van der Waals surface area contributed by atoms with E-state index in [1.54, 1.807) is 38.7 Å². The topological polar surface area (TPSA) is 87.1 Å². The lowest BCUT2D eigenvalue weighted by atomic mass is 9.94. The number of methoxy groups -OCH3 is 1. The number of aromatic nitrogens is 1. The molecule has 158 valence electrons. The molecule has 1 saturated carbocycles. The molecular weight excluding hydrogens is 388 g/mol. The number of aryl methyl sites for hydroxylation is 1. The van der Waals surface area contributed by atoms with Crippen LogP contribution in [0.5, 0.6) is 5.75 Å². The third kappa shape index (κ3) is 4.01. The summed E-state index contributed by atoms with van der Waals surface area (Å²) < 4.78 is 5.30. The molecule has 0 spiro atoms. The largest absolute Gasteiger partial charge is 0.497 e. The summed E-state index contributed by atoms with van der Waals surface area (Å²) in [5, 5.41) is 15.6. The number of hydrogen-bond donors (Lipinski definition) is 3. The average molecular weight is 415 g/mol. The Balaban J connectivity index is 1.74. The van der Waals surface area contributed by atoms with Crippen LogP contribution >= 0.6 is 0 Å². The van der Waals surface area contributed by atoms with Gasteiger partial charge in [0, 0.05) is 29.8 Å². The van der Waals surface area contributed by atoms with E-state index in [0.29, 0.717) is 17.0 Å². The summed E-state index contributed by atoms with van der Waals surface area (Å²) in [6, 6.07) is 13.4. The van der Waals surface area contributed by atoms with Crippen molar-refractivity contribution < 1.29 is 9.53 Å². The third-order valence-corrected chi connectivity index (χ3v) is 5.76. The average Bonchev–Trinajstić information content (AvgIpc) is 3.57. The molecule has 6 nitrogen and oxygen atoms in total. The van der Waals surface area contributed by atoms with E-state index in [-0.39, 0.29) is 5.91 Å². The minimum Gasteiger partial charge on any atom is -0.497 e. The summed E-state index contributed by atoms with van der Waals surface area (Å²) in [5.41, 5.74) is 4.01. The van der Waals surface area contributed by atoms with Crippen molar-refractivity contribution in [3.05, 3.63) is 83.2 Å². The molecule has 1 aliphatic rings. The number of carbonyl (C=O) groups is 1. The highest BCUT2D eigenvalue weighted by molar-refractivity contribution is 6.09. The molecule has 0 bridgehead atoms. The Kier molecular flexibility index (Phi) is 5.46. The van der Waals surface area contributed by atoms with Crippen molar-refractivity contribution in [2.45, 2.75) is 25.3 Å². The summed E-state index contributed by atoms with van der Waals surface area (Å²) >= 11 is 0. The van der Waals surface area contributed by atoms with E-state index in [4.69, 9.17) is 10.1 Å². The number of allylic oxidation sites excluding steroid dienone is 1. The quantitative estimate of drug-likeness (QED) is 0.509. The van der Waals surface area contributed by atoms with Gasteiger partial charge in [-0.05, 0) is 73.5 Å². The number of benzene rings is 2.